The molecule has 0 saturated carbocycles. The Bertz CT molecular complexity index is 738. The molecule has 0 radical (unpaired) electrons. The van der Waals surface area contributed by atoms with Crippen LogP contribution in [0, 0.1) is 0 Å². The van der Waals surface area contributed by atoms with Gasteiger partial charge in [0, 0.05) is 22.0 Å². The predicted molar refractivity (Wildman–Crippen MR) is 89.3 cm³/mol. The molecule has 0 saturated heterocycles. The van der Waals surface area contributed by atoms with E-state index in [0.29, 0.717) is 11.4 Å². The molecule has 0 fully saturated rings. The molecule has 7 nitrogen and oxygen atoms in total. The first-order valence-electron chi connectivity index (χ1n) is 7.05. The fourth-order valence-electron chi connectivity index (χ4n) is 2.27. The van der Waals surface area contributed by atoms with Crippen LogP contribution in [0.15, 0.2) is 29.0 Å². The van der Waals surface area contributed by atoms with E-state index in [-0.39, 0.29) is 18.1 Å². The molecule has 9 heteroatoms. The van der Waals surface area contributed by atoms with E-state index in [9.17, 15) is 9.59 Å². The van der Waals surface area contributed by atoms with E-state index in [4.69, 9.17) is 21.1 Å². The summed E-state index contributed by atoms with van der Waals surface area (Å²) in [6.45, 7) is 2.99. The molecule has 1 aromatic heterocycles. The fourth-order valence-corrected chi connectivity index (χ4v) is 3.10. The van der Waals surface area contributed by atoms with Crippen LogP contribution in [-0.4, -0.2) is 33.7 Å². The molecule has 2 aromatic rings. The minimum atomic E-state index is -1.76. The van der Waals surface area contributed by atoms with E-state index < -0.39 is 17.5 Å². The number of esters is 2. The highest BCUT2D eigenvalue weighted by Crippen LogP contribution is 2.37. The minimum absolute atomic E-state index is 0.0905. The van der Waals surface area contributed by atoms with Crippen LogP contribution in [0.5, 0.6) is 0 Å². The number of carbonyl (C=O) groups excluding carboxylic acids is 2. The van der Waals surface area contributed by atoms with Gasteiger partial charge < -0.3 is 9.47 Å². The summed E-state index contributed by atoms with van der Waals surface area (Å²) in [6, 6.07) is 4.90. The number of halogens is 2. The zero-order valence-corrected chi connectivity index (χ0v) is 15.3. The molecule has 2 rings (SSSR count). The van der Waals surface area contributed by atoms with Crippen molar-refractivity contribution in [3.05, 3.63) is 45.4 Å². The first-order valence-corrected chi connectivity index (χ1v) is 8.22. The van der Waals surface area contributed by atoms with Crippen LogP contribution in [-0.2, 0) is 31.1 Å². The Hall–Kier alpha value is -1.93. The fraction of sp³-hybridized carbons (Fsp3) is 0.333. The second-order valence-electron chi connectivity index (χ2n) is 4.87. The molecule has 0 aliphatic heterocycles. The van der Waals surface area contributed by atoms with Gasteiger partial charge in [0.05, 0.1) is 13.0 Å². The van der Waals surface area contributed by atoms with E-state index in [2.05, 4.69) is 31.1 Å². The van der Waals surface area contributed by atoms with Crippen LogP contribution >= 0.6 is 27.5 Å². The Morgan fingerprint density at radius 2 is 2.17 bits per heavy atom. The van der Waals surface area contributed by atoms with Crippen molar-refractivity contribution in [1.82, 2.24) is 15.2 Å². The maximum atomic E-state index is 12.7. The lowest BCUT2D eigenvalue weighted by atomic mass is 9.89. The van der Waals surface area contributed by atoms with Gasteiger partial charge in [0.25, 0.3) is 0 Å². The summed E-state index contributed by atoms with van der Waals surface area (Å²) >= 11 is 9.61. The smallest absolute Gasteiger partial charge is 0.355 e. The Balaban J connectivity index is 2.62. The average Bonchev–Trinajstić information content (AvgIpc) is 2.99. The Labute approximate surface area is 151 Å². The first kappa shape index (κ1) is 18.4. The third-order valence-electron chi connectivity index (χ3n) is 3.17. The van der Waals surface area contributed by atoms with E-state index in [1.807, 2.05) is 0 Å². The van der Waals surface area contributed by atoms with Crippen molar-refractivity contribution in [2.45, 2.75) is 25.9 Å². The quantitative estimate of drug-likeness (QED) is 0.728. The van der Waals surface area contributed by atoms with E-state index in [1.54, 1.807) is 25.1 Å². The molecule has 128 valence electrons. The topological polar surface area (TPSA) is 94.2 Å². The van der Waals surface area contributed by atoms with Gasteiger partial charge in [-0.25, -0.2) is 9.78 Å². The molecule has 1 atom stereocenters. The summed E-state index contributed by atoms with van der Waals surface area (Å²) in [5.41, 5.74) is -1.46. The highest BCUT2D eigenvalue weighted by Gasteiger charge is 2.48. The number of carbonyl (C=O) groups is 2. The monoisotopic (exact) mass is 415 g/mol. The highest BCUT2D eigenvalue weighted by molar-refractivity contribution is 9.10. The molecule has 0 amide bonds. The second-order valence-corrected chi connectivity index (χ2v) is 6.20. The largest absolute Gasteiger partial charge is 0.463 e. The number of H-pyrrole nitrogens is 1. The molecule has 1 unspecified atom stereocenters. The number of aromatic amines is 1. The standard InChI is InChI=1S/C15H15BrClN3O4/c1-3-23-14(22)15(24-9(2)21,7-13-18-8-19-20-13)11-5-4-10(16)6-12(11)17/h4-6,8H,3,7H2,1-2H3,(H,18,19,20). The van der Waals surface area contributed by atoms with Gasteiger partial charge in [0.2, 0.25) is 5.60 Å². The molecular weight excluding hydrogens is 402 g/mol. The maximum absolute atomic E-state index is 12.7. The summed E-state index contributed by atoms with van der Waals surface area (Å²) in [6.07, 6.45) is 1.20. The van der Waals surface area contributed by atoms with Crippen LogP contribution < -0.4 is 0 Å². The minimum Gasteiger partial charge on any atom is -0.463 e. The van der Waals surface area contributed by atoms with Crippen molar-refractivity contribution in [3.63, 3.8) is 0 Å². The average molecular weight is 417 g/mol. The van der Waals surface area contributed by atoms with Crippen LogP contribution in [0.1, 0.15) is 25.2 Å². The third kappa shape index (κ3) is 3.93. The maximum Gasteiger partial charge on any atom is 0.355 e. The number of hydrogen-bond acceptors (Lipinski definition) is 6. The summed E-state index contributed by atoms with van der Waals surface area (Å²) in [5.74, 6) is -1.04. The van der Waals surface area contributed by atoms with Crippen molar-refractivity contribution >= 4 is 39.5 Å². The predicted octanol–water partition coefficient (Wildman–Crippen LogP) is 2.78. The summed E-state index contributed by atoms with van der Waals surface area (Å²) in [5, 5.41) is 6.65. The Morgan fingerprint density at radius 1 is 1.42 bits per heavy atom. The lowest BCUT2D eigenvalue weighted by molar-refractivity contribution is -0.183. The highest BCUT2D eigenvalue weighted by atomic mass is 79.9. The zero-order valence-electron chi connectivity index (χ0n) is 13.0. The van der Waals surface area contributed by atoms with Gasteiger partial charge >= 0.3 is 11.9 Å². The summed E-state index contributed by atoms with van der Waals surface area (Å²) < 4.78 is 11.3. The van der Waals surface area contributed by atoms with Crippen LogP contribution in [0.25, 0.3) is 0 Å². The van der Waals surface area contributed by atoms with E-state index in [1.165, 1.54) is 13.3 Å². The van der Waals surface area contributed by atoms with Gasteiger partial charge in [-0.3, -0.25) is 9.89 Å². The lowest BCUT2D eigenvalue weighted by Gasteiger charge is -2.31. The van der Waals surface area contributed by atoms with Gasteiger partial charge in [-0.2, -0.15) is 5.10 Å². The number of hydrogen-bond donors (Lipinski definition) is 1. The molecule has 1 N–H and O–H groups in total. The number of rotatable bonds is 6. The van der Waals surface area contributed by atoms with Crippen LogP contribution in [0.4, 0.5) is 0 Å². The molecule has 0 bridgehead atoms. The third-order valence-corrected chi connectivity index (χ3v) is 3.98. The molecule has 24 heavy (non-hydrogen) atoms. The van der Waals surface area contributed by atoms with Crippen LogP contribution in [0.3, 0.4) is 0 Å². The van der Waals surface area contributed by atoms with Gasteiger partial charge in [-0.15, -0.1) is 0 Å². The number of nitrogens with one attached hydrogen (secondary N) is 1. The van der Waals surface area contributed by atoms with E-state index in [0.717, 1.165) is 4.47 Å². The van der Waals surface area contributed by atoms with Crippen LogP contribution in [0.2, 0.25) is 5.02 Å². The SMILES string of the molecule is CCOC(=O)C(Cc1ncn[nH]1)(OC(C)=O)c1ccc(Br)cc1Cl. The van der Waals surface area contributed by atoms with Gasteiger partial charge in [0.15, 0.2) is 0 Å². The molecule has 0 aliphatic rings. The number of nitrogens with zero attached hydrogens (tertiary/aromatic N) is 2. The van der Waals surface area contributed by atoms with Crippen molar-refractivity contribution < 1.29 is 19.1 Å². The molecule has 1 aromatic carbocycles. The molecule has 0 spiro atoms. The molecule has 1 heterocycles. The number of benzene rings is 1. The Kier molecular flexibility index (Phi) is 5.95. The van der Waals surface area contributed by atoms with Gasteiger partial charge in [-0.05, 0) is 19.1 Å². The first-order chi connectivity index (χ1) is 11.4. The van der Waals surface area contributed by atoms with E-state index >= 15 is 0 Å². The number of aromatic nitrogens is 3. The van der Waals surface area contributed by atoms with Crippen molar-refractivity contribution in [2.24, 2.45) is 0 Å². The normalized spacial score (nSPS) is 13.2. The van der Waals surface area contributed by atoms with Crippen molar-refractivity contribution in [1.29, 1.82) is 0 Å². The number of ether oxygens (including phenoxy) is 2. The van der Waals surface area contributed by atoms with Gasteiger partial charge in [0.1, 0.15) is 12.2 Å². The second kappa shape index (κ2) is 7.76. The van der Waals surface area contributed by atoms with Crippen molar-refractivity contribution in [2.75, 3.05) is 6.61 Å². The molecular formula is C15H15BrClN3O4. The molecule has 0 aliphatic carbocycles. The summed E-state index contributed by atoms with van der Waals surface area (Å²) in [4.78, 5) is 28.5. The lowest BCUT2D eigenvalue weighted by Crippen LogP contribution is -2.44. The van der Waals surface area contributed by atoms with Crippen molar-refractivity contribution in [3.8, 4) is 0 Å². The summed E-state index contributed by atoms with van der Waals surface area (Å²) in [7, 11) is 0. The zero-order chi connectivity index (χ0) is 17.7. The van der Waals surface area contributed by atoms with Gasteiger partial charge in [-0.1, -0.05) is 33.6 Å². The Morgan fingerprint density at radius 3 is 2.71 bits per heavy atom.